The van der Waals surface area contributed by atoms with Crippen molar-refractivity contribution in [1.29, 1.82) is 10.5 Å². The van der Waals surface area contributed by atoms with E-state index < -0.39 is 0 Å². The van der Waals surface area contributed by atoms with E-state index in [0.717, 1.165) is 25.7 Å². The minimum Gasteiger partial charge on any atom is -0.198 e. The van der Waals surface area contributed by atoms with Crippen molar-refractivity contribution in [3.05, 3.63) is 0 Å². The Labute approximate surface area is 124 Å². The second-order valence-corrected chi connectivity index (χ2v) is 6.83. The zero-order valence-corrected chi connectivity index (χ0v) is 12.7. The van der Waals surface area contributed by atoms with E-state index in [1.165, 1.54) is 57.8 Å². The number of nitriles is 2. The SMILES string of the molecule is N#CC1CCCCCCC1(C#N)C1CCCCCCC1. The Morgan fingerprint density at radius 1 is 0.700 bits per heavy atom. The lowest BCUT2D eigenvalue weighted by molar-refractivity contribution is 0.111. The van der Waals surface area contributed by atoms with Gasteiger partial charge in [-0.3, -0.25) is 0 Å². The van der Waals surface area contributed by atoms with Crippen LogP contribution in [-0.2, 0) is 0 Å². The van der Waals surface area contributed by atoms with Crippen LogP contribution >= 0.6 is 0 Å². The zero-order chi connectivity index (χ0) is 14.3. The predicted octanol–water partition coefficient (Wildman–Crippen LogP) is 5.35. The summed E-state index contributed by atoms with van der Waals surface area (Å²) in [5.74, 6) is 0.438. The molecular weight excluding hydrogens is 244 g/mol. The van der Waals surface area contributed by atoms with Crippen molar-refractivity contribution in [2.75, 3.05) is 0 Å². The van der Waals surface area contributed by atoms with Gasteiger partial charge in [-0.25, -0.2) is 0 Å². The molecule has 2 heteroatoms. The van der Waals surface area contributed by atoms with Crippen LogP contribution in [0, 0.1) is 39.9 Å². The van der Waals surface area contributed by atoms with Gasteiger partial charge < -0.3 is 0 Å². The third kappa shape index (κ3) is 3.35. The van der Waals surface area contributed by atoms with Crippen LogP contribution in [0.1, 0.15) is 83.5 Å². The molecule has 2 rings (SSSR count). The largest absolute Gasteiger partial charge is 0.198 e. The van der Waals surface area contributed by atoms with Crippen LogP contribution in [-0.4, -0.2) is 0 Å². The second kappa shape index (κ2) is 7.68. The zero-order valence-electron chi connectivity index (χ0n) is 12.7. The third-order valence-electron chi connectivity index (χ3n) is 5.65. The van der Waals surface area contributed by atoms with Crippen molar-refractivity contribution < 1.29 is 0 Å². The monoisotopic (exact) mass is 272 g/mol. The number of rotatable bonds is 1. The van der Waals surface area contributed by atoms with Crippen LogP contribution in [0.15, 0.2) is 0 Å². The molecule has 2 aliphatic carbocycles. The van der Waals surface area contributed by atoms with Gasteiger partial charge in [-0.1, -0.05) is 57.8 Å². The predicted molar refractivity (Wildman–Crippen MR) is 80.7 cm³/mol. The highest BCUT2D eigenvalue weighted by atomic mass is 14.5. The van der Waals surface area contributed by atoms with E-state index >= 15 is 0 Å². The summed E-state index contributed by atoms with van der Waals surface area (Å²) < 4.78 is 0. The van der Waals surface area contributed by atoms with Crippen molar-refractivity contribution in [3.8, 4) is 12.1 Å². The van der Waals surface area contributed by atoms with Crippen molar-refractivity contribution >= 4 is 0 Å². The molecule has 0 bridgehead atoms. The van der Waals surface area contributed by atoms with Gasteiger partial charge in [0.05, 0.1) is 23.5 Å². The summed E-state index contributed by atoms with van der Waals surface area (Å²) in [5.41, 5.74) is -0.341. The molecule has 2 fully saturated rings. The van der Waals surface area contributed by atoms with Gasteiger partial charge in [0.25, 0.3) is 0 Å². The molecule has 20 heavy (non-hydrogen) atoms. The maximum absolute atomic E-state index is 9.97. The molecule has 0 aliphatic heterocycles. The van der Waals surface area contributed by atoms with Crippen molar-refractivity contribution in [2.24, 2.45) is 17.3 Å². The fourth-order valence-electron chi connectivity index (χ4n) is 4.42. The van der Waals surface area contributed by atoms with Crippen LogP contribution in [0.25, 0.3) is 0 Å². The molecule has 2 unspecified atom stereocenters. The van der Waals surface area contributed by atoms with Crippen molar-refractivity contribution in [2.45, 2.75) is 83.5 Å². The molecule has 0 N–H and O–H groups in total. The highest BCUT2D eigenvalue weighted by molar-refractivity contribution is 5.13. The Balaban J connectivity index is 2.22. The third-order valence-corrected chi connectivity index (χ3v) is 5.65. The van der Waals surface area contributed by atoms with Gasteiger partial charge in [0.1, 0.15) is 0 Å². The first-order chi connectivity index (χ1) is 9.83. The van der Waals surface area contributed by atoms with E-state index in [2.05, 4.69) is 12.1 Å². The van der Waals surface area contributed by atoms with Gasteiger partial charge in [-0.15, -0.1) is 0 Å². The van der Waals surface area contributed by atoms with Gasteiger partial charge in [-0.2, -0.15) is 10.5 Å². The van der Waals surface area contributed by atoms with Gasteiger partial charge in [0, 0.05) is 0 Å². The summed E-state index contributed by atoms with van der Waals surface area (Å²) in [5, 5.41) is 19.6. The van der Waals surface area contributed by atoms with E-state index in [0.29, 0.717) is 5.92 Å². The average molecular weight is 272 g/mol. The Kier molecular flexibility index (Phi) is 5.90. The molecule has 2 atom stereocenters. The van der Waals surface area contributed by atoms with Gasteiger partial charge in [-0.05, 0) is 31.6 Å². The summed E-state index contributed by atoms with van der Waals surface area (Å²) in [6.07, 6.45) is 15.5. The first-order valence-corrected chi connectivity index (χ1v) is 8.64. The van der Waals surface area contributed by atoms with E-state index in [9.17, 15) is 10.5 Å². The Morgan fingerprint density at radius 3 is 1.85 bits per heavy atom. The van der Waals surface area contributed by atoms with E-state index in [4.69, 9.17) is 0 Å². The maximum atomic E-state index is 9.97. The fraction of sp³-hybridized carbons (Fsp3) is 0.889. The molecule has 0 amide bonds. The molecule has 0 radical (unpaired) electrons. The fourth-order valence-corrected chi connectivity index (χ4v) is 4.42. The minimum atomic E-state index is -0.341. The quantitative estimate of drug-likeness (QED) is 0.646. The van der Waals surface area contributed by atoms with Gasteiger partial charge in [0.2, 0.25) is 0 Å². The van der Waals surface area contributed by atoms with E-state index in [1.807, 2.05) is 0 Å². The van der Waals surface area contributed by atoms with Crippen molar-refractivity contribution in [1.82, 2.24) is 0 Å². The molecule has 0 aromatic carbocycles. The van der Waals surface area contributed by atoms with Crippen LogP contribution in [0.2, 0.25) is 0 Å². The molecule has 0 aromatic heterocycles. The summed E-state index contributed by atoms with van der Waals surface area (Å²) in [6.45, 7) is 0. The summed E-state index contributed by atoms with van der Waals surface area (Å²) in [6, 6.07) is 5.21. The standard InChI is InChI=1S/C18H28N2/c19-14-17-12-8-4-5-9-13-18(17,15-20)16-10-6-2-1-3-7-11-16/h16-17H,1-13H2. The van der Waals surface area contributed by atoms with Crippen LogP contribution < -0.4 is 0 Å². The number of nitrogens with zero attached hydrogens (tertiary/aromatic N) is 2. The lowest BCUT2D eigenvalue weighted by Crippen LogP contribution is -2.37. The molecule has 110 valence electrons. The topological polar surface area (TPSA) is 47.6 Å². The molecular formula is C18H28N2. The molecule has 2 nitrogen and oxygen atoms in total. The maximum Gasteiger partial charge on any atom is 0.0759 e. The molecule has 2 saturated carbocycles. The Hall–Kier alpha value is -1.02. The molecule has 0 aromatic rings. The lowest BCUT2D eigenvalue weighted by atomic mass is 9.60. The minimum absolute atomic E-state index is 0.0303. The van der Waals surface area contributed by atoms with Crippen LogP contribution in [0.3, 0.4) is 0 Å². The smallest absolute Gasteiger partial charge is 0.0759 e. The van der Waals surface area contributed by atoms with Crippen LogP contribution in [0.5, 0.6) is 0 Å². The second-order valence-electron chi connectivity index (χ2n) is 6.83. The molecule has 2 aliphatic rings. The summed E-state index contributed by atoms with van der Waals surface area (Å²) in [4.78, 5) is 0. The normalized spacial score (nSPS) is 33.8. The first-order valence-electron chi connectivity index (χ1n) is 8.64. The Morgan fingerprint density at radius 2 is 1.25 bits per heavy atom. The van der Waals surface area contributed by atoms with Gasteiger partial charge >= 0.3 is 0 Å². The van der Waals surface area contributed by atoms with E-state index in [1.54, 1.807) is 0 Å². The highest BCUT2D eigenvalue weighted by Gasteiger charge is 2.45. The Bertz CT molecular complexity index is 368. The number of hydrogen-bond donors (Lipinski definition) is 0. The molecule has 0 spiro atoms. The summed E-state index contributed by atoms with van der Waals surface area (Å²) >= 11 is 0. The molecule has 0 saturated heterocycles. The van der Waals surface area contributed by atoms with Crippen LogP contribution in [0.4, 0.5) is 0 Å². The first kappa shape index (κ1) is 15.4. The van der Waals surface area contributed by atoms with Gasteiger partial charge in [0.15, 0.2) is 0 Å². The molecule has 0 heterocycles. The summed E-state index contributed by atoms with van der Waals surface area (Å²) in [7, 11) is 0. The average Bonchev–Trinajstić information content (AvgIpc) is 2.40. The lowest BCUT2D eigenvalue weighted by Gasteiger charge is -2.40. The number of hydrogen-bond acceptors (Lipinski definition) is 2. The van der Waals surface area contributed by atoms with Crippen molar-refractivity contribution in [3.63, 3.8) is 0 Å². The van der Waals surface area contributed by atoms with E-state index in [-0.39, 0.29) is 11.3 Å². The highest BCUT2D eigenvalue weighted by Crippen LogP contribution is 2.48.